The number of rotatable bonds is 7. The Morgan fingerprint density at radius 2 is 1.79 bits per heavy atom. The van der Waals surface area contributed by atoms with E-state index in [1.54, 1.807) is 6.92 Å². The second-order valence-corrected chi connectivity index (χ2v) is 6.72. The Hall–Kier alpha value is -0.0900. The predicted octanol–water partition coefficient (Wildman–Crippen LogP) is 1.45. The molecule has 1 atom stereocenters. The summed E-state index contributed by atoms with van der Waals surface area (Å²) in [6.07, 6.45) is 0.701. The molecule has 0 amide bonds. The first-order chi connectivity index (χ1) is 6.40. The number of nitrogens with one attached hydrogen (secondary N) is 1. The van der Waals surface area contributed by atoms with Gasteiger partial charge in [0.15, 0.2) is 9.84 Å². The van der Waals surface area contributed by atoms with Gasteiger partial charge in [-0.1, -0.05) is 20.8 Å². The highest BCUT2D eigenvalue weighted by Gasteiger charge is 2.17. The summed E-state index contributed by atoms with van der Waals surface area (Å²) in [6, 6.07) is 0. The van der Waals surface area contributed by atoms with Crippen LogP contribution >= 0.6 is 0 Å². The Balaban J connectivity index is 3.78. The third-order valence-corrected chi connectivity index (χ3v) is 4.64. The molecule has 0 aliphatic heterocycles. The molecule has 0 saturated heterocycles. The highest BCUT2D eigenvalue weighted by Crippen LogP contribution is 2.04. The van der Waals surface area contributed by atoms with Gasteiger partial charge in [-0.25, -0.2) is 8.42 Å². The normalized spacial score (nSPS) is 14.6. The molecule has 0 heterocycles. The quantitative estimate of drug-likeness (QED) is 0.662. The standard InChI is InChI=1S/C10H23NO2S/c1-5-10(4)14(12,13)7-6-11-8-9(2)3/h9-11H,5-8H2,1-4H3. The Morgan fingerprint density at radius 1 is 1.21 bits per heavy atom. The summed E-state index contributed by atoms with van der Waals surface area (Å²) in [5, 5.41) is 2.94. The fourth-order valence-corrected chi connectivity index (χ4v) is 2.40. The Labute approximate surface area is 88.2 Å². The molecule has 0 fully saturated rings. The molecular formula is C10H23NO2S. The van der Waals surface area contributed by atoms with Gasteiger partial charge in [-0.2, -0.15) is 0 Å². The summed E-state index contributed by atoms with van der Waals surface area (Å²) in [5.74, 6) is 0.829. The second-order valence-electron chi connectivity index (χ2n) is 4.18. The largest absolute Gasteiger partial charge is 0.315 e. The summed E-state index contributed by atoms with van der Waals surface area (Å²) >= 11 is 0. The van der Waals surface area contributed by atoms with Crippen LogP contribution in [0.25, 0.3) is 0 Å². The van der Waals surface area contributed by atoms with Crippen LogP contribution in [0.4, 0.5) is 0 Å². The van der Waals surface area contributed by atoms with E-state index in [0.717, 1.165) is 6.54 Å². The first-order valence-corrected chi connectivity index (χ1v) is 7.04. The smallest absolute Gasteiger partial charge is 0.154 e. The van der Waals surface area contributed by atoms with Gasteiger partial charge in [0.25, 0.3) is 0 Å². The molecular weight excluding hydrogens is 198 g/mol. The Kier molecular flexibility index (Phi) is 6.36. The van der Waals surface area contributed by atoms with Gasteiger partial charge in [-0.3, -0.25) is 0 Å². The van der Waals surface area contributed by atoms with E-state index in [1.807, 2.05) is 6.92 Å². The van der Waals surface area contributed by atoms with Crippen molar-refractivity contribution in [1.82, 2.24) is 5.32 Å². The van der Waals surface area contributed by atoms with Gasteiger partial charge in [-0.15, -0.1) is 0 Å². The molecule has 14 heavy (non-hydrogen) atoms. The minimum Gasteiger partial charge on any atom is -0.315 e. The second kappa shape index (κ2) is 6.40. The van der Waals surface area contributed by atoms with Crippen LogP contribution in [0, 0.1) is 5.92 Å². The Morgan fingerprint density at radius 3 is 2.21 bits per heavy atom. The molecule has 86 valence electrons. The molecule has 1 unspecified atom stereocenters. The minimum atomic E-state index is -2.87. The summed E-state index contributed by atoms with van der Waals surface area (Å²) in [4.78, 5) is 0. The van der Waals surface area contributed by atoms with Crippen LogP contribution < -0.4 is 5.32 Å². The molecule has 0 aromatic rings. The first-order valence-electron chi connectivity index (χ1n) is 5.32. The summed E-state index contributed by atoms with van der Waals surface area (Å²) in [5.41, 5.74) is 0. The lowest BCUT2D eigenvalue weighted by Crippen LogP contribution is -2.30. The molecule has 0 aromatic heterocycles. The number of hydrogen-bond donors (Lipinski definition) is 1. The van der Waals surface area contributed by atoms with Crippen LogP contribution in [0.1, 0.15) is 34.1 Å². The molecule has 0 aliphatic rings. The molecule has 0 bridgehead atoms. The molecule has 0 spiro atoms. The lowest BCUT2D eigenvalue weighted by Gasteiger charge is -2.11. The average molecular weight is 221 g/mol. The van der Waals surface area contributed by atoms with E-state index in [1.165, 1.54) is 0 Å². The zero-order valence-electron chi connectivity index (χ0n) is 9.71. The number of hydrogen-bond acceptors (Lipinski definition) is 3. The topological polar surface area (TPSA) is 46.2 Å². The lowest BCUT2D eigenvalue weighted by atomic mass is 10.2. The number of sulfone groups is 1. The lowest BCUT2D eigenvalue weighted by molar-refractivity contribution is 0.552. The van der Waals surface area contributed by atoms with Crippen molar-refractivity contribution in [3.8, 4) is 0 Å². The molecule has 4 heteroatoms. The minimum absolute atomic E-state index is 0.205. The molecule has 0 aliphatic carbocycles. The van der Waals surface area contributed by atoms with E-state index in [2.05, 4.69) is 19.2 Å². The van der Waals surface area contributed by atoms with Crippen molar-refractivity contribution >= 4 is 9.84 Å². The molecule has 0 radical (unpaired) electrons. The van der Waals surface area contributed by atoms with E-state index in [0.29, 0.717) is 18.9 Å². The summed E-state index contributed by atoms with van der Waals surface area (Å²) in [6.45, 7) is 9.36. The molecule has 3 nitrogen and oxygen atoms in total. The van der Waals surface area contributed by atoms with E-state index < -0.39 is 9.84 Å². The average Bonchev–Trinajstić information content (AvgIpc) is 2.10. The van der Waals surface area contributed by atoms with Crippen molar-refractivity contribution in [2.24, 2.45) is 5.92 Å². The Bertz CT molecular complexity index is 235. The molecule has 0 aromatic carbocycles. The zero-order chi connectivity index (χ0) is 11.2. The van der Waals surface area contributed by atoms with Crippen LogP contribution in [0.3, 0.4) is 0 Å². The maximum absolute atomic E-state index is 11.6. The third-order valence-electron chi connectivity index (χ3n) is 2.30. The van der Waals surface area contributed by atoms with E-state index >= 15 is 0 Å². The third kappa shape index (κ3) is 5.60. The SMILES string of the molecule is CCC(C)S(=O)(=O)CCNCC(C)C. The molecule has 1 N–H and O–H groups in total. The van der Waals surface area contributed by atoms with Crippen molar-refractivity contribution in [2.45, 2.75) is 39.4 Å². The maximum Gasteiger partial charge on any atom is 0.154 e. The van der Waals surface area contributed by atoms with Crippen molar-refractivity contribution in [2.75, 3.05) is 18.8 Å². The fourth-order valence-electron chi connectivity index (χ4n) is 1.06. The van der Waals surface area contributed by atoms with E-state index in [4.69, 9.17) is 0 Å². The van der Waals surface area contributed by atoms with Gasteiger partial charge in [0.2, 0.25) is 0 Å². The van der Waals surface area contributed by atoms with Gasteiger partial charge in [0, 0.05) is 6.54 Å². The first kappa shape index (κ1) is 13.9. The highest BCUT2D eigenvalue weighted by molar-refractivity contribution is 7.92. The van der Waals surface area contributed by atoms with Crippen molar-refractivity contribution in [3.63, 3.8) is 0 Å². The van der Waals surface area contributed by atoms with Crippen molar-refractivity contribution < 1.29 is 8.42 Å². The van der Waals surface area contributed by atoms with E-state index in [-0.39, 0.29) is 11.0 Å². The van der Waals surface area contributed by atoms with Gasteiger partial charge in [-0.05, 0) is 25.8 Å². The van der Waals surface area contributed by atoms with Gasteiger partial charge in [0.1, 0.15) is 0 Å². The fraction of sp³-hybridized carbons (Fsp3) is 1.00. The van der Waals surface area contributed by atoms with Crippen molar-refractivity contribution in [1.29, 1.82) is 0 Å². The van der Waals surface area contributed by atoms with Gasteiger partial charge < -0.3 is 5.32 Å². The van der Waals surface area contributed by atoms with Gasteiger partial charge in [0.05, 0.1) is 11.0 Å². The van der Waals surface area contributed by atoms with Crippen LogP contribution in [-0.2, 0) is 9.84 Å². The summed E-state index contributed by atoms with van der Waals surface area (Å²) in [7, 11) is -2.87. The van der Waals surface area contributed by atoms with Crippen molar-refractivity contribution in [3.05, 3.63) is 0 Å². The van der Waals surface area contributed by atoms with Gasteiger partial charge >= 0.3 is 0 Å². The van der Waals surface area contributed by atoms with Crippen LogP contribution in [-0.4, -0.2) is 32.5 Å². The predicted molar refractivity (Wildman–Crippen MR) is 61.2 cm³/mol. The maximum atomic E-state index is 11.6. The van der Waals surface area contributed by atoms with E-state index in [9.17, 15) is 8.42 Å². The zero-order valence-corrected chi connectivity index (χ0v) is 10.5. The van der Waals surface area contributed by atoms with Crippen LogP contribution in [0.2, 0.25) is 0 Å². The highest BCUT2D eigenvalue weighted by atomic mass is 32.2. The molecule has 0 rings (SSSR count). The van der Waals surface area contributed by atoms with Crippen LogP contribution in [0.5, 0.6) is 0 Å². The van der Waals surface area contributed by atoms with Crippen LogP contribution in [0.15, 0.2) is 0 Å². The molecule has 0 saturated carbocycles. The summed E-state index contributed by atoms with van der Waals surface area (Å²) < 4.78 is 23.1. The monoisotopic (exact) mass is 221 g/mol.